The molecule has 0 spiro atoms. The van der Waals surface area contributed by atoms with Crippen molar-refractivity contribution in [3.05, 3.63) is 54.2 Å². The number of hydrogen-bond acceptors (Lipinski definition) is 4. The Morgan fingerprint density at radius 3 is 2.52 bits per heavy atom. The van der Waals surface area contributed by atoms with Crippen LogP contribution < -0.4 is 10.1 Å². The Morgan fingerprint density at radius 2 is 1.85 bits per heavy atom. The number of anilines is 1. The van der Waals surface area contributed by atoms with Crippen LogP contribution in [0.25, 0.3) is 0 Å². The number of hydrogen-bond donors (Lipinski definition) is 1. The monoisotopic (exact) mass is 368 g/mol. The third kappa shape index (κ3) is 4.86. The van der Waals surface area contributed by atoms with Crippen molar-refractivity contribution >= 4 is 11.6 Å². The first kappa shape index (κ1) is 19.4. The van der Waals surface area contributed by atoms with Gasteiger partial charge in [0.2, 0.25) is 11.8 Å². The molecule has 144 valence electrons. The maximum absolute atomic E-state index is 13.2. The lowest BCUT2D eigenvalue weighted by atomic mass is 9.68. The Balaban J connectivity index is 1.67. The van der Waals surface area contributed by atoms with Gasteiger partial charge in [0.15, 0.2) is 0 Å². The van der Waals surface area contributed by atoms with Crippen LogP contribution in [0.5, 0.6) is 5.88 Å². The molecular weight excluding hydrogens is 340 g/mol. The number of ether oxygens (including phenoxy) is 2. The number of amides is 1. The van der Waals surface area contributed by atoms with Gasteiger partial charge >= 0.3 is 0 Å². The van der Waals surface area contributed by atoms with E-state index in [9.17, 15) is 4.79 Å². The third-order valence-corrected chi connectivity index (χ3v) is 5.14. The smallest absolute Gasteiger partial charge is 0.235 e. The Labute approximate surface area is 161 Å². The number of nitrogens with one attached hydrogen (secondary N) is 1. The van der Waals surface area contributed by atoms with Crippen molar-refractivity contribution in [2.75, 3.05) is 25.1 Å². The van der Waals surface area contributed by atoms with E-state index in [0.29, 0.717) is 31.4 Å². The molecule has 0 radical (unpaired) electrons. The quantitative estimate of drug-likeness (QED) is 0.704. The minimum absolute atomic E-state index is 0.0558. The summed E-state index contributed by atoms with van der Waals surface area (Å²) in [5, 5.41) is 3.07. The third-order valence-electron chi connectivity index (χ3n) is 5.14. The summed E-state index contributed by atoms with van der Waals surface area (Å²) >= 11 is 0. The number of aromatic nitrogens is 1. The van der Waals surface area contributed by atoms with Crippen LogP contribution in [0.4, 0.5) is 5.69 Å². The van der Waals surface area contributed by atoms with Gasteiger partial charge in [-0.25, -0.2) is 4.98 Å². The van der Waals surface area contributed by atoms with E-state index in [0.717, 1.165) is 31.2 Å². The Morgan fingerprint density at radius 1 is 1.07 bits per heavy atom. The predicted molar refractivity (Wildman–Crippen MR) is 106 cm³/mol. The first-order valence-electron chi connectivity index (χ1n) is 9.78. The molecule has 5 heteroatoms. The molecule has 1 amide bonds. The van der Waals surface area contributed by atoms with Gasteiger partial charge in [0.25, 0.3) is 0 Å². The summed E-state index contributed by atoms with van der Waals surface area (Å²) in [6.07, 6.45) is 6.76. The van der Waals surface area contributed by atoms with E-state index in [1.54, 1.807) is 12.3 Å². The molecule has 1 fully saturated rings. The average molecular weight is 368 g/mol. The fourth-order valence-electron chi connectivity index (χ4n) is 3.70. The second-order valence-corrected chi connectivity index (χ2v) is 6.89. The number of benzene rings is 1. The van der Waals surface area contributed by atoms with E-state index in [1.807, 2.05) is 31.2 Å². The van der Waals surface area contributed by atoms with Gasteiger partial charge in [-0.05, 0) is 31.4 Å². The summed E-state index contributed by atoms with van der Waals surface area (Å²) in [5.41, 5.74) is 1.34. The average Bonchev–Trinajstić information content (AvgIpc) is 2.73. The minimum atomic E-state index is -0.452. The second kappa shape index (κ2) is 9.51. The van der Waals surface area contributed by atoms with Crippen LogP contribution in [-0.4, -0.2) is 30.7 Å². The van der Waals surface area contributed by atoms with Gasteiger partial charge in [0.05, 0.1) is 23.9 Å². The number of carbonyl (C=O) groups is 1. The molecule has 1 aliphatic rings. The summed E-state index contributed by atoms with van der Waals surface area (Å²) in [4.78, 5) is 17.5. The van der Waals surface area contributed by atoms with E-state index in [4.69, 9.17) is 9.47 Å². The molecule has 1 aliphatic carbocycles. The number of carbonyl (C=O) groups excluding carboxylic acids is 1. The number of pyridine rings is 1. The SMILES string of the molecule is CCOCCOc1ccc(NC(=O)C2(c3ccccc3)CCCCC2)cn1. The van der Waals surface area contributed by atoms with E-state index in [-0.39, 0.29) is 5.91 Å². The van der Waals surface area contributed by atoms with Crippen molar-refractivity contribution < 1.29 is 14.3 Å². The lowest BCUT2D eigenvalue weighted by molar-refractivity contribution is -0.122. The van der Waals surface area contributed by atoms with Gasteiger partial charge < -0.3 is 14.8 Å². The van der Waals surface area contributed by atoms with Crippen LogP contribution in [0.1, 0.15) is 44.6 Å². The van der Waals surface area contributed by atoms with E-state index in [1.165, 1.54) is 6.42 Å². The highest BCUT2D eigenvalue weighted by atomic mass is 16.5. The molecule has 0 unspecified atom stereocenters. The first-order valence-corrected chi connectivity index (χ1v) is 9.78. The fraction of sp³-hybridized carbons (Fsp3) is 0.455. The molecule has 2 aromatic rings. The van der Waals surface area contributed by atoms with Crippen LogP contribution in [0.3, 0.4) is 0 Å². The Hall–Kier alpha value is -2.40. The number of nitrogens with zero attached hydrogens (tertiary/aromatic N) is 1. The molecule has 27 heavy (non-hydrogen) atoms. The largest absolute Gasteiger partial charge is 0.475 e. The highest BCUT2D eigenvalue weighted by Crippen LogP contribution is 2.40. The van der Waals surface area contributed by atoms with Gasteiger partial charge in [0, 0.05) is 12.7 Å². The zero-order valence-electron chi connectivity index (χ0n) is 15.9. The molecule has 0 atom stereocenters. The summed E-state index contributed by atoms with van der Waals surface area (Å²) < 4.78 is 10.8. The normalized spacial score (nSPS) is 15.9. The van der Waals surface area contributed by atoms with E-state index < -0.39 is 5.41 Å². The Kier molecular flexibility index (Phi) is 6.82. The molecule has 1 aromatic carbocycles. The standard InChI is InChI=1S/C22H28N2O3/c1-2-26-15-16-27-20-12-11-19(17-23-20)24-21(25)22(13-7-4-8-14-22)18-9-5-3-6-10-18/h3,5-6,9-12,17H,2,4,7-8,13-16H2,1H3,(H,24,25). The zero-order valence-corrected chi connectivity index (χ0v) is 15.9. The molecule has 1 heterocycles. The highest BCUT2D eigenvalue weighted by molar-refractivity contribution is 5.99. The van der Waals surface area contributed by atoms with Crippen LogP contribution in [-0.2, 0) is 14.9 Å². The molecule has 1 saturated carbocycles. The molecule has 0 saturated heterocycles. The van der Waals surface area contributed by atoms with Crippen molar-refractivity contribution in [2.24, 2.45) is 0 Å². The summed E-state index contributed by atoms with van der Waals surface area (Å²) in [6.45, 7) is 3.62. The molecule has 0 aliphatic heterocycles. The number of rotatable bonds is 8. The Bertz CT molecular complexity index is 710. The van der Waals surface area contributed by atoms with Gasteiger partial charge in [-0.1, -0.05) is 49.6 Å². The molecule has 0 bridgehead atoms. The van der Waals surface area contributed by atoms with E-state index in [2.05, 4.69) is 22.4 Å². The minimum Gasteiger partial charge on any atom is -0.475 e. The lowest BCUT2D eigenvalue weighted by Crippen LogP contribution is -2.42. The summed E-state index contributed by atoms with van der Waals surface area (Å²) in [6, 6.07) is 13.8. The van der Waals surface area contributed by atoms with Gasteiger partial charge in [-0.3, -0.25) is 4.79 Å². The molecule has 1 N–H and O–H groups in total. The summed E-state index contributed by atoms with van der Waals surface area (Å²) in [5.74, 6) is 0.586. The van der Waals surface area contributed by atoms with Gasteiger partial charge in [-0.2, -0.15) is 0 Å². The summed E-state index contributed by atoms with van der Waals surface area (Å²) in [7, 11) is 0. The van der Waals surface area contributed by atoms with E-state index >= 15 is 0 Å². The van der Waals surface area contributed by atoms with Crippen molar-refractivity contribution in [3.8, 4) is 5.88 Å². The maximum atomic E-state index is 13.2. The predicted octanol–water partition coefficient (Wildman–Crippen LogP) is 4.34. The maximum Gasteiger partial charge on any atom is 0.235 e. The fourth-order valence-corrected chi connectivity index (χ4v) is 3.70. The van der Waals surface area contributed by atoms with Crippen LogP contribution in [0.2, 0.25) is 0 Å². The molecular formula is C22H28N2O3. The van der Waals surface area contributed by atoms with Crippen molar-refractivity contribution in [3.63, 3.8) is 0 Å². The van der Waals surface area contributed by atoms with Gasteiger partial charge in [-0.15, -0.1) is 0 Å². The molecule has 5 nitrogen and oxygen atoms in total. The first-order chi connectivity index (χ1) is 13.2. The van der Waals surface area contributed by atoms with Crippen molar-refractivity contribution in [1.82, 2.24) is 4.98 Å². The van der Waals surface area contributed by atoms with Crippen LogP contribution in [0, 0.1) is 0 Å². The topological polar surface area (TPSA) is 60.5 Å². The molecule has 3 rings (SSSR count). The zero-order chi connectivity index (χ0) is 19.0. The lowest BCUT2D eigenvalue weighted by Gasteiger charge is -2.36. The van der Waals surface area contributed by atoms with Crippen LogP contribution >= 0.6 is 0 Å². The van der Waals surface area contributed by atoms with Crippen molar-refractivity contribution in [2.45, 2.75) is 44.4 Å². The molecule has 1 aromatic heterocycles. The van der Waals surface area contributed by atoms with Gasteiger partial charge in [0.1, 0.15) is 6.61 Å². The second-order valence-electron chi connectivity index (χ2n) is 6.89. The highest BCUT2D eigenvalue weighted by Gasteiger charge is 2.41. The van der Waals surface area contributed by atoms with Crippen molar-refractivity contribution in [1.29, 1.82) is 0 Å². The van der Waals surface area contributed by atoms with Crippen LogP contribution in [0.15, 0.2) is 48.7 Å².